The summed E-state index contributed by atoms with van der Waals surface area (Å²) in [6.07, 6.45) is 0. The first-order chi connectivity index (χ1) is 12.6. The van der Waals surface area contributed by atoms with Gasteiger partial charge in [0.25, 0.3) is 5.91 Å². The third-order valence-electron chi connectivity index (χ3n) is 3.97. The molecule has 7 nitrogen and oxygen atoms in total. The molecule has 0 fully saturated rings. The molecular weight excluding hydrogens is 348 g/mol. The number of hydrogen-bond donors (Lipinski definition) is 1. The lowest BCUT2D eigenvalue weighted by atomic mass is 10.1. The summed E-state index contributed by atoms with van der Waals surface area (Å²) in [4.78, 5) is 41.5. The van der Waals surface area contributed by atoms with Crippen LogP contribution in [0.15, 0.2) is 0 Å². The first-order valence-electron chi connectivity index (χ1n) is 9.39. The monoisotopic (exact) mass is 380 g/mol. The fraction of sp³-hybridized carbons (Fsp3) is 0.650. The molecule has 0 saturated heterocycles. The first kappa shape index (κ1) is 22.7. The van der Waals surface area contributed by atoms with E-state index in [0.717, 1.165) is 0 Å². The molecule has 1 amide bonds. The largest absolute Gasteiger partial charge is 0.462 e. The molecule has 0 aromatic carbocycles. The van der Waals surface area contributed by atoms with Crippen LogP contribution in [0, 0.1) is 25.7 Å². The third kappa shape index (κ3) is 6.41. The Labute approximate surface area is 161 Å². The van der Waals surface area contributed by atoms with Crippen molar-refractivity contribution in [3.05, 3.63) is 22.5 Å². The van der Waals surface area contributed by atoms with Gasteiger partial charge in [-0.3, -0.25) is 4.79 Å². The van der Waals surface area contributed by atoms with Gasteiger partial charge in [0, 0.05) is 18.8 Å². The summed E-state index contributed by atoms with van der Waals surface area (Å²) >= 11 is 0. The molecule has 1 heterocycles. The number of carbonyl (C=O) groups excluding carboxylic acids is 3. The molecule has 0 aliphatic carbocycles. The minimum Gasteiger partial charge on any atom is -0.462 e. The van der Waals surface area contributed by atoms with Crippen molar-refractivity contribution >= 4 is 17.8 Å². The third-order valence-corrected chi connectivity index (χ3v) is 3.97. The number of H-pyrrole nitrogens is 1. The standard InChI is InChI=1S/C20H32N2O5/c1-8-26-19(24)17-14(6)18(21-15(17)7)20(25)27-11-16(23)22(9-12(2)3)10-13(4)5/h12-13,21H,8-11H2,1-7H3. The first-order valence-corrected chi connectivity index (χ1v) is 9.39. The summed E-state index contributed by atoms with van der Waals surface area (Å²) in [6.45, 7) is 14.3. The van der Waals surface area contributed by atoms with E-state index in [-0.39, 0.29) is 24.8 Å². The second-order valence-corrected chi connectivity index (χ2v) is 7.51. The summed E-state index contributed by atoms with van der Waals surface area (Å²) in [5, 5.41) is 0. The van der Waals surface area contributed by atoms with Crippen LogP contribution in [-0.4, -0.2) is 54.0 Å². The number of hydrogen-bond acceptors (Lipinski definition) is 5. The summed E-state index contributed by atoms with van der Waals surface area (Å²) < 4.78 is 10.2. The lowest BCUT2D eigenvalue weighted by Gasteiger charge is -2.26. The average molecular weight is 380 g/mol. The molecule has 0 aliphatic heterocycles. The molecule has 0 unspecified atom stereocenters. The van der Waals surface area contributed by atoms with Gasteiger partial charge in [-0.05, 0) is 38.2 Å². The molecule has 1 aromatic heterocycles. The highest BCUT2D eigenvalue weighted by molar-refractivity contribution is 5.99. The van der Waals surface area contributed by atoms with Crippen molar-refractivity contribution in [1.29, 1.82) is 0 Å². The number of aryl methyl sites for hydroxylation is 1. The summed E-state index contributed by atoms with van der Waals surface area (Å²) in [5.41, 5.74) is 1.49. The van der Waals surface area contributed by atoms with Crippen molar-refractivity contribution in [1.82, 2.24) is 9.88 Å². The summed E-state index contributed by atoms with van der Waals surface area (Å²) in [7, 11) is 0. The van der Waals surface area contributed by atoms with Crippen LogP contribution in [0.3, 0.4) is 0 Å². The van der Waals surface area contributed by atoms with Gasteiger partial charge < -0.3 is 19.4 Å². The molecule has 0 radical (unpaired) electrons. The number of esters is 2. The molecule has 152 valence electrons. The van der Waals surface area contributed by atoms with Gasteiger partial charge in [-0.2, -0.15) is 0 Å². The second kappa shape index (κ2) is 10.1. The van der Waals surface area contributed by atoms with E-state index in [1.54, 1.807) is 25.7 Å². The molecule has 0 spiro atoms. The van der Waals surface area contributed by atoms with Gasteiger partial charge >= 0.3 is 11.9 Å². The van der Waals surface area contributed by atoms with Crippen molar-refractivity contribution < 1.29 is 23.9 Å². The second-order valence-electron chi connectivity index (χ2n) is 7.51. The van der Waals surface area contributed by atoms with Crippen LogP contribution in [-0.2, 0) is 14.3 Å². The quantitative estimate of drug-likeness (QED) is 0.665. The highest BCUT2D eigenvalue weighted by Crippen LogP contribution is 2.20. The van der Waals surface area contributed by atoms with E-state index in [9.17, 15) is 14.4 Å². The number of nitrogens with one attached hydrogen (secondary N) is 1. The fourth-order valence-corrected chi connectivity index (χ4v) is 2.91. The smallest absolute Gasteiger partial charge is 0.355 e. The van der Waals surface area contributed by atoms with Crippen molar-refractivity contribution in [3.8, 4) is 0 Å². The maximum atomic E-state index is 12.5. The molecule has 27 heavy (non-hydrogen) atoms. The Bertz CT molecular complexity index is 666. The molecule has 0 bridgehead atoms. The van der Waals surface area contributed by atoms with Gasteiger partial charge in [0.05, 0.1) is 12.2 Å². The van der Waals surface area contributed by atoms with E-state index in [1.807, 2.05) is 27.7 Å². The highest BCUT2D eigenvalue weighted by Gasteiger charge is 2.25. The van der Waals surface area contributed by atoms with Gasteiger partial charge in [-0.15, -0.1) is 0 Å². The number of aromatic nitrogens is 1. The lowest BCUT2D eigenvalue weighted by Crippen LogP contribution is -2.39. The Kier molecular flexibility index (Phi) is 8.53. The maximum absolute atomic E-state index is 12.5. The topological polar surface area (TPSA) is 88.7 Å². The molecule has 0 atom stereocenters. The van der Waals surface area contributed by atoms with Crippen molar-refractivity contribution in [2.45, 2.75) is 48.5 Å². The molecule has 7 heteroatoms. The Balaban J connectivity index is 2.83. The van der Waals surface area contributed by atoms with Crippen LogP contribution in [0.4, 0.5) is 0 Å². The van der Waals surface area contributed by atoms with E-state index in [2.05, 4.69) is 4.98 Å². The van der Waals surface area contributed by atoms with Gasteiger partial charge in [-0.1, -0.05) is 27.7 Å². The highest BCUT2D eigenvalue weighted by atomic mass is 16.5. The number of aromatic amines is 1. The summed E-state index contributed by atoms with van der Waals surface area (Å²) in [6, 6.07) is 0. The SMILES string of the molecule is CCOC(=O)c1c(C)[nH]c(C(=O)OCC(=O)N(CC(C)C)CC(C)C)c1C. The molecule has 0 saturated carbocycles. The van der Waals surface area contributed by atoms with Gasteiger partial charge in [0.1, 0.15) is 5.69 Å². The predicted octanol–water partition coefficient (Wildman–Crippen LogP) is 3.11. The number of nitrogens with zero attached hydrogens (tertiary/aromatic N) is 1. The molecule has 1 N–H and O–H groups in total. The molecule has 1 rings (SSSR count). The van der Waals surface area contributed by atoms with Crippen molar-refractivity contribution in [3.63, 3.8) is 0 Å². The van der Waals surface area contributed by atoms with Gasteiger partial charge in [0.2, 0.25) is 0 Å². The Morgan fingerprint density at radius 3 is 2.00 bits per heavy atom. The van der Waals surface area contributed by atoms with Crippen LogP contribution in [0.5, 0.6) is 0 Å². The average Bonchev–Trinajstić information content (AvgIpc) is 2.85. The molecular formula is C20H32N2O5. The van der Waals surface area contributed by atoms with Crippen LogP contribution in [0.1, 0.15) is 66.7 Å². The lowest BCUT2D eigenvalue weighted by molar-refractivity contribution is -0.135. The predicted molar refractivity (Wildman–Crippen MR) is 103 cm³/mol. The van der Waals surface area contributed by atoms with Crippen LogP contribution in [0.2, 0.25) is 0 Å². The normalized spacial score (nSPS) is 11.0. The van der Waals surface area contributed by atoms with E-state index < -0.39 is 11.9 Å². The van der Waals surface area contributed by atoms with Crippen LogP contribution >= 0.6 is 0 Å². The molecule has 0 aliphatic rings. The summed E-state index contributed by atoms with van der Waals surface area (Å²) in [5.74, 6) is -0.725. The minimum atomic E-state index is -0.659. The van der Waals surface area contributed by atoms with E-state index in [0.29, 0.717) is 41.7 Å². The Hall–Kier alpha value is -2.31. The number of carbonyl (C=O) groups is 3. The maximum Gasteiger partial charge on any atom is 0.355 e. The zero-order valence-electron chi connectivity index (χ0n) is 17.5. The van der Waals surface area contributed by atoms with Crippen LogP contribution in [0.25, 0.3) is 0 Å². The Morgan fingerprint density at radius 2 is 1.52 bits per heavy atom. The van der Waals surface area contributed by atoms with Gasteiger partial charge in [-0.25, -0.2) is 9.59 Å². The van der Waals surface area contributed by atoms with Crippen molar-refractivity contribution in [2.75, 3.05) is 26.3 Å². The minimum absolute atomic E-state index is 0.169. The fourth-order valence-electron chi connectivity index (χ4n) is 2.91. The zero-order valence-corrected chi connectivity index (χ0v) is 17.5. The van der Waals surface area contributed by atoms with E-state index in [4.69, 9.17) is 9.47 Å². The molecule has 1 aromatic rings. The Morgan fingerprint density at radius 1 is 0.963 bits per heavy atom. The van der Waals surface area contributed by atoms with E-state index >= 15 is 0 Å². The zero-order chi connectivity index (χ0) is 20.7. The number of amides is 1. The number of rotatable bonds is 9. The van der Waals surface area contributed by atoms with E-state index in [1.165, 1.54) is 0 Å². The van der Waals surface area contributed by atoms with Gasteiger partial charge in [0.15, 0.2) is 6.61 Å². The van der Waals surface area contributed by atoms with Crippen LogP contribution < -0.4 is 0 Å². The van der Waals surface area contributed by atoms with Crippen molar-refractivity contribution in [2.24, 2.45) is 11.8 Å². The number of ether oxygens (including phenoxy) is 2.